The summed E-state index contributed by atoms with van der Waals surface area (Å²) in [6.07, 6.45) is 3.78. The van der Waals surface area contributed by atoms with Crippen LogP contribution in [0.3, 0.4) is 0 Å². The Labute approximate surface area is 78.3 Å². The average molecular weight is 183 g/mol. The first-order valence-corrected chi connectivity index (χ1v) is 4.71. The summed E-state index contributed by atoms with van der Waals surface area (Å²) in [5, 5.41) is 11.0. The lowest BCUT2D eigenvalue weighted by atomic mass is 10.4. The predicted octanol–water partition coefficient (Wildman–Crippen LogP) is 0.449. The SMILES string of the molecule is CCCn1nncc1NCCCN. The largest absolute Gasteiger partial charge is 0.369 e. The van der Waals surface area contributed by atoms with Crippen LogP contribution in [-0.4, -0.2) is 28.1 Å². The van der Waals surface area contributed by atoms with E-state index in [0.29, 0.717) is 6.54 Å². The molecule has 0 bridgehead atoms. The van der Waals surface area contributed by atoms with Crippen LogP contribution in [0, 0.1) is 0 Å². The smallest absolute Gasteiger partial charge is 0.144 e. The minimum atomic E-state index is 0.711. The van der Waals surface area contributed by atoms with Gasteiger partial charge < -0.3 is 11.1 Å². The molecule has 0 amide bonds. The average Bonchev–Trinajstić information content (AvgIpc) is 2.54. The van der Waals surface area contributed by atoms with Crippen molar-refractivity contribution in [1.29, 1.82) is 0 Å². The van der Waals surface area contributed by atoms with Crippen molar-refractivity contribution in [2.75, 3.05) is 18.4 Å². The van der Waals surface area contributed by atoms with Gasteiger partial charge in [0.05, 0.1) is 6.20 Å². The molecule has 0 aliphatic rings. The topological polar surface area (TPSA) is 68.8 Å². The Morgan fingerprint density at radius 2 is 2.46 bits per heavy atom. The van der Waals surface area contributed by atoms with Crippen LogP contribution in [0.5, 0.6) is 0 Å². The van der Waals surface area contributed by atoms with Crippen molar-refractivity contribution in [2.24, 2.45) is 5.73 Å². The molecule has 1 aromatic rings. The van der Waals surface area contributed by atoms with E-state index in [1.54, 1.807) is 6.20 Å². The van der Waals surface area contributed by atoms with Crippen molar-refractivity contribution >= 4 is 5.82 Å². The van der Waals surface area contributed by atoms with Crippen molar-refractivity contribution in [3.63, 3.8) is 0 Å². The molecular formula is C8H17N5. The van der Waals surface area contributed by atoms with E-state index >= 15 is 0 Å². The number of hydrogen-bond acceptors (Lipinski definition) is 4. The van der Waals surface area contributed by atoms with Gasteiger partial charge in [0, 0.05) is 13.1 Å². The van der Waals surface area contributed by atoms with E-state index in [4.69, 9.17) is 5.73 Å². The molecule has 5 nitrogen and oxygen atoms in total. The zero-order valence-corrected chi connectivity index (χ0v) is 8.03. The molecule has 0 unspecified atom stereocenters. The zero-order chi connectivity index (χ0) is 9.52. The van der Waals surface area contributed by atoms with Gasteiger partial charge >= 0.3 is 0 Å². The minimum Gasteiger partial charge on any atom is -0.369 e. The van der Waals surface area contributed by atoms with Gasteiger partial charge in [0.25, 0.3) is 0 Å². The van der Waals surface area contributed by atoms with E-state index in [1.165, 1.54) is 0 Å². The summed E-state index contributed by atoms with van der Waals surface area (Å²) in [4.78, 5) is 0. The lowest BCUT2D eigenvalue weighted by molar-refractivity contribution is 0.582. The molecule has 5 heteroatoms. The molecule has 0 aliphatic carbocycles. The molecule has 3 N–H and O–H groups in total. The van der Waals surface area contributed by atoms with Crippen molar-refractivity contribution in [3.8, 4) is 0 Å². The zero-order valence-electron chi connectivity index (χ0n) is 8.03. The third-order valence-corrected chi connectivity index (χ3v) is 1.74. The maximum Gasteiger partial charge on any atom is 0.144 e. The Hall–Kier alpha value is -1.10. The van der Waals surface area contributed by atoms with E-state index in [1.807, 2.05) is 4.68 Å². The second-order valence-corrected chi connectivity index (χ2v) is 2.91. The second-order valence-electron chi connectivity index (χ2n) is 2.91. The van der Waals surface area contributed by atoms with E-state index in [2.05, 4.69) is 22.6 Å². The number of nitrogens with zero attached hydrogens (tertiary/aromatic N) is 3. The van der Waals surface area contributed by atoms with E-state index in [-0.39, 0.29) is 0 Å². The normalized spacial score (nSPS) is 10.3. The number of nitrogens with one attached hydrogen (secondary N) is 1. The molecule has 0 spiro atoms. The van der Waals surface area contributed by atoms with E-state index in [9.17, 15) is 0 Å². The van der Waals surface area contributed by atoms with Crippen LogP contribution in [-0.2, 0) is 6.54 Å². The Kier molecular flexibility index (Phi) is 4.25. The van der Waals surface area contributed by atoms with Gasteiger partial charge in [0.1, 0.15) is 5.82 Å². The first-order valence-electron chi connectivity index (χ1n) is 4.71. The van der Waals surface area contributed by atoms with Gasteiger partial charge in [-0.2, -0.15) is 0 Å². The molecule has 0 fully saturated rings. The van der Waals surface area contributed by atoms with E-state index < -0.39 is 0 Å². The monoisotopic (exact) mass is 183 g/mol. The summed E-state index contributed by atoms with van der Waals surface area (Å²) in [5.74, 6) is 0.982. The quantitative estimate of drug-likeness (QED) is 0.628. The molecule has 74 valence electrons. The van der Waals surface area contributed by atoms with Crippen molar-refractivity contribution in [3.05, 3.63) is 6.20 Å². The number of aromatic nitrogens is 3. The van der Waals surface area contributed by atoms with Crippen molar-refractivity contribution in [1.82, 2.24) is 15.0 Å². The molecule has 0 atom stereocenters. The standard InChI is InChI=1S/C8H17N5/c1-2-6-13-8(7-11-12-13)10-5-3-4-9/h7,10H,2-6,9H2,1H3. The van der Waals surface area contributed by atoms with Gasteiger partial charge in [0.15, 0.2) is 0 Å². The third-order valence-electron chi connectivity index (χ3n) is 1.74. The molecule has 0 saturated carbocycles. The summed E-state index contributed by atoms with van der Waals surface area (Å²) in [5.41, 5.74) is 5.39. The fraction of sp³-hybridized carbons (Fsp3) is 0.750. The third kappa shape index (κ3) is 3.02. The van der Waals surface area contributed by atoms with Gasteiger partial charge in [-0.1, -0.05) is 12.1 Å². The Balaban J connectivity index is 2.40. The summed E-state index contributed by atoms with van der Waals surface area (Å²) >= 11 is 0. The number of aryl methyl sites for hydroxylation is 1. The highest BCUT2D eigenvalue weighted by molar-refractivity contribution is 5.30. The lowest BCUT2D eigenvalue weighted by Gasteiger charge is -2.06. The lowest BCUT2D eigenvalue weighted by Crippen LogP contribution is -2.12. The first-order chi connectivity index (χ1) is 6.38. The summed E-state index contributed by atoms with van der Waals surface area (Å²) in [7, 11) is 0. The van der Waals surface area contributed by atoms with Crippen LogP contribution in [0.4, 0.5) is 5.82 Å². The fourth-order valence-electron chi connectivity index (χ4n) is 1.09. The fourth-order valence-corrected chi connectivity index (χ4v) is 1.09. The highest BCUT2D eigenvalue weighted by atomic mass is 15.4. The van der Waals surface area contributed by atoms with Crippen LogP contribution in [0.25, 0.3) is 0 Å². The van der Waals surface area contributed by atoms with Gasteiger partial charge in [-0.25, -0.2) is 4.68 Å². The first kappa shape index (κ1) is 9.98. The molecule has 1 rings (SSSR count). The van der Waals surface area contributed by atoms with E-state index in [0.717, 1.165) is 31.7 Å². The van der Waals surface area contributed by atoms with Crippen LogP contribution in [0.2, 0.25) is 0 Å². The molecule has 0 aromatic carbocycles. The number of hydrogen-bond donors (Lipinski definition) is 2. The molecule has 1 aromatic heterocycles. The summed E-state index contributed by atoms with van der Waals surface area (Å²) < 4.78 is 1.87. The molecule has 13 heavy (non-hydrogen) atoms. The van der Waals surface area contributed by atoms with Crippen LogP contribution in [0.1, 0.15) is 19.8 Å². The Morgan fingerprint density at radius 3 is 3.15 bits per heavy atom. The van der Waals surface area contributed by atoms with Gasteiger partial charge in [0.2, 0.25) is 0 Å². The Morgan fingerprint density at radius 1 is 1.62 bits per heavy atom. The van der Waals surface area contributed by atoms with Gasteiger partial charge in [-0.15, -0.1) is 5.10 Å². The molecule has 1 heterocycles. The molecular weight excluding hydrogens is 166 g/mol. The number of nitrogens with two attached hydrogens (primary N) is 1. The molecule has 0 aliphatic heterocycles. The van der Waals surface area contributed by atoms with Crippen molar-refractivity contribution < 1.29 is 0 Å². The highest BCUT2D eigenvalue weighted by Gasteiger charge is 2.00. The molecule has 0 saturated heterocycles. The second kappa shape index (κ2) is 5.53. The summed E-state index contributed by atoms with van der Waals surface area (Å²) in [6, 6.07) is 0. The van der Waals surface area contributed by atoms with Gasteiger partial charge in [-0.3, -0.25) is 0 Å². The van der Waals surface area contributed by atoms with Crippen LogP contribution >= 0.6 is 0 Å². The minimum absolute atomic E-state index is 0.711. The highest BCUT2D eigenvalue weighted by Crippen LogP contribution is 2.03. The summed E-state index contributed by atoms with van der Waals surface area (Å²) in [6.45, 7) is 4.62. The predicted molar refractivity (Wildman–Crippen MR) is 52.5 cm³/mol. The molecule has 0 radical (unpaired) electrons. The number of anilines is 1. The van der Waals surface area contributed by atoms with Crippen molar-refractivity contribution in [2.45, 2.75) is 26.3 Å². The van der Waals surface area contributed by atoms with Crippen LogP contribution < -0.4 is 11.1 Å². The number of rotatable bonds is 6. The van der Waals surface area contributed by atoms with Gasteiger partial charge in [-0.05, 0) is 19.4 Å². The Bertz CT molecular complexity index is 232. The maximum absolute atomic E-state index is 5.39. The maximum atomic E-state index is 5.39. The van der Waals surface area contributed by atoms with Crippen LogP contribution in [0.15, 0.2) is 6.20 Å².